The highest BCUT2D eigenvalue weighted by Gasteiger charge is 2.15. The molecule has 0 fully saturated rings. The number of fused-ring (bicyclic) bond motifs is 1. The molecule has 0 saturated heterocycles. The van der Waals surface area contributed by atoms with E-state index < -0.39 is 11.9 Å². The molecule has 2 aromatic carbocycles. The molecule has 0 bridgehead atoms. The van der Waals surface area contributed by atoms with Crippen LogP contribution >= 0.6 is 28.3 Å². The van der Waals surface area contributed by atoms with Gasteiger partial charge in [-0.3, -0.25) is 0 Å². The number of aliphatic hydroxyl groups is 1. The summed E-state index contributed by atoms with van der Waals surface area (Å²) in [5.41, 5.74) is 0.892. The summed E-state index contributed by atoms with van der Waals surface area (Å²) in [5, 5.41) is 14.0. The lowest BCUT2D eigenvalue weighted by Crippen LogP contribution is -2.35. The molecule has 33 heavy (non-hydrogen) atoms. The van der Waals surface area contributed by atoms with Gasteiger partial charge in [-0.05, 0) is 37.2 Å². The van der Waals surface area contributed by atoms with E-state index in [1.807, 2.05) is 7.05 Å². The smallest absolute Gasteiger partial charge is 0.163 e. The topological polar surface area (TPSA) is 79.7 Å². The number of hydrogen-bond donors (Lipinski definition) is 2. The highest BCUT2D eigenvalue weighted by Crippen LogP contribution is 2.35. The number of methoxy groups -OCH3 is 1. The third kappa shape index (κ3) is 7.40. The van der Waals surface area contributed by atoms with Crippen LogP contribution in [-0.2, 0) is 0 Å². The molecule has 1 aromatic heterocycles. The van der Waals surface area contributed by atoms with Gasteiger partial charge in [-0.25, -0.2) is 14.4 Å². The monoisotopic (exact) mass is 542 g/mol. The second-order valence-corrected chi connectivity index (χ2v) is 8.99. The second-order valence-electron chi connectivity index (χ2n) is 8.07. The molecule has 0 aliphatic carbocycles. The van der Waals surface area contributed by atoms with Gasteiger partial charge in [0.1, 0.15) is 30.7 Å². The molecule has 0 aliphatic rings. The van der Waals surface area contributed by atoms with Crippen LogP contribution in [0.4, 0.5) is 15.9 Å². The maximum atomic E-state index is 14.3. The van der Waals surface area contributed by atoms with E-state index in [1.54, 1.807) is 24.3 Å². The van der Waals surface area contributed by atoms with Crippen molar-refractivity contribution in [3.8, 4) is 11.5 Å². The number of halogens is 3. The van der Waals surface area contributed by atoms with Crippen molar-refractivity contribution in [1.82, 2.24) is 14.9 Å². The Morgan fingerprint density at radius 3 is 2.58 bits per heavy atom. The largest absolute Gasteiger partial charge is 0.493 e. The van der Waals surface area contributed by atoms with Crippen LogP contribution in [0.2, 0.25) is 0 Å². The van der Waals surface area contributed by atoms with E-state index in [0.717, 1.165) is 6.54 Å². The zero-order valence-corrected chi connectivity index (χ0v) is 21.4. The van der Waals surface area contributed by atoms with Gasteiger partial charge in [0, 0.05) is 29.0 Å². The first-order valence-electron chi connectivity index (χ1n) is 10.3. The number of aromatic nitrogens is 2. The summed E-state index contributed by atoms with van der Waals surface area (Å²) in [6.07, 6.45) is 0.745. The number of benzene rings is 2. The van der Waals surface area contributed by atoms with Gasteiger partial charge in [0.05, 0.1) is 18.3 Å². The molecule has 0 saturated carbocycles. The van der Waals surface area contributed by atoms with Crippen LogP contribution in [0.25, 0.3) is 10.9 Å². The van der Waals surface area contributed by atoms with Crippen LogP contribution in [0.3, 0.4) is 0 Å². The average molecular weight is 544 g/mol. The SMILES string of the molecule is COc1cc2c(Nc3ccc(Br)cc3F)ncnc2cc1OCC(O)CN(C)CC(C)C.Cl. The Hall–Kier alpha value is -2.20. The lowest BCUT2D eigenvalue weighted by Gasteiger charge is -2.22. The summed E-state index contributed by atoms with van der Waals surface area (Å²) < 4.78 is 26.3. The van der Waals surface area contributed by atoms with Gasteiger partial charge in [0.15, 0.2) is 11.5 Å². The molecule has 3 aromatic rings. The Morgan fingerprint density at radius 1 is 1.15 bits per heavy atom. The zero-order valence-electron chi connectivity index (χ0n) is 19.0. The molecule has 7 nitrogen and oxygen atoms in total. The van der Waals surface area contributed by atoms with E-state index in [1.165, 1.54) is 19.5 Å². The Balaban J connectivity index is 0.00000385. The van der Waals surface area contributed by atoms with Gasteiger partial charge < -0.3 is 24.8 Å². The van der Waals surface area contributed by atoms with Gasteiger partial charge >= 0.3 is 0 Å². The lowest BCUT2D eigenvalue weighted by molar-refractivity contribution is 0.0722. The van der Waals surface area contributed by atoms with Crippen LogP contribution in [0, 0.1) is 11.7 Å². The summed E-state index contributed by atoms with van der Waals surface area (Å²) >= 11 is 3.25. The van der Waals surface area contributed by atoms with Crippen molar-refractivity contribution >= 4 is 50.7 Å². The summed E-state index contributed by atoms with van der Waals surface area (Å²) in [7, 11) is 3.51. The van der Waals surface area contributed by atoms with E-state index in [9.17, 15) is 9.50 Å². The van der Waals surface area contributed by atoms with Crippen LogP contribution in [0.5, 0.6) is 11.5 Å². The first-order chi connectivity index (χ1) is 15.3. The zero-order chi connectivity index (χ0) is 23.3. The van der Waals surface area contributed by atoms with Gasteiger partial charge in [0.2, 0.25) is 0 Å². The molecule has 180 valence electrons. The summed E-state index contributed by atoms with van der Waals surface area (Å²) in [5.74, 6) is 1.48. The van der Waals surface area contributed by atoms with Gasteiger partial charge in [-0.15, -0.1) is 12.4 Å². The quantitative estimate of drug-likeness (QED) is 0.371. The van der Waals surface area contributed by atoms with E-state index in [2.05, 4.69) is 50.0 Å². The molecule has 1 atom stereocenters. The molecule has 3 rings (SSSR count). The third-order valence-corrected chi connectivity index (χ3v) is 5.23. The fraction of sp³-hybridized carbons (Fsp3) is 0.391. The minimum absolute atomic E-state index is 0. The maximum absolute atomic E-state index is 14.3. The van der Waals surface area contributed by atoms with Crippen molar-refractivity contribution in [3.63, 3.8) is 0 Å². The van der Waals surface area contributed by atoms with Crippen molar-refractivity contribution < 1.29 is 19.0 Å². The van der Waals surface area contributed by atoms with E-state index in [4.69, 9.17) is 9.47 Å². The normalized spacial score (nSPS) is 12.0. The number of hydrogen-bond acceptors (Lipinski definition) is 7. The molecule has 0 aliphatic heterocycles. The summed E-state index contributed by atoms with van der Waals surface area (Å²) in [4.78, 5) is 10.6. The fourth-order valence-corrected chi connectivity index (χ4v) is 3.78. The molecule has 10 heteroatoms. The van der Waals surface area contributed by atoms with Crippen molar-refractivity contribution in [1.29, 1.82) is 0 Å². The number of ether oxygens (including phenoxy) is 2. The standard InChI is InChI=1S/C23H28BrFN4O3.ClH/c1-14(2)10-29(3)11-16(30)12-32-22-9-20-17(8-21(22)31-4)23(27-13-26-20)28-19-6-5-15(24)7-18(19)25;/h5-9,13-14,16,30H,10-12H2,1-4H3,(H,26,27,28);1H. The van der Waals surface area contributed by atoms with Gasteiger partial charge in [-0.2, -0.15) is 0 Å². The van der Waals surface area contributed by atoms with Crippen LogP contribution < -0.4 is 14.8 Å². The molecular formula is C23H29BrClFN4O3. The summed E-state index contributed by atoms with van der Waals surface area (Å²) in [6, 6.07) is 8.21. The molecular weight excluding hydrogens is 515 g/mol. The Labute approximate surface area is 207 Å². The summed E-state index contributed by atoms with van der Waals surface area (Å²) in [6.45, 7) is 5.78. The number of likely N-dealkylation sites (N-methyl/N-ethyl adjacent to an activating group) is 1. The predicted molar refractivity (Wildman–Crippen MR) is 135 cm³/mol. The Kier molecular flexibility index (Phi) is 10.1. The van der Waals surface area contributed by atoms with Gasteiger partial charge in [-0.1, -0.05) is 29.8 Å². The van der Waals surface area contributed by atoms with Gasteiger partial charge in [0.25, 0.3) is 0 Å². The molecule has 1 unspecified atom stereocenters. The Morgan fingerprint density at radius 2 is 1.91 bits per heavy atom. The highest BCUT2D eigenvalue weighted by atomic mass is 79.9. The number of anilines is 2. The van der Waals surface area contributed by atoms with Crippen LogP contribution in [0.15, 0.2) is 41.1 Å². The number of nitrogens with one attached hydrogen (secondary N) is 1. The second kappa shape index (κ2) is 12.3. The van der Waals surface area contributed by atoms with Crippen molar-refractivity contribution in [2.24, 2.45) is 5.92 Å². The predicted octanol–water partition coefficient (Wildman–Crippen LogP) is 5.03. The molecule has 0 radical (unpaired) electrons. The first kappa shape index (κ1) is 27.0. The van der Waals surface area contributed by atoms with Crippen molar-refractivity contribution in [2.75, 3.05) is 39.2 Å². The molecule has 1 heterocycles. The third-order valence-electron chi connectivity index (χ3n) is 4.74. The Bertz CT molecular complexity index is 1070. The fourth-order valence-electron chi connectivity index (χ4n) is 3.45. The first-order valence-corrected chi connectivity index (χ1v) is 11.1. The van der Waals surface area contributed by atoms with Crippen molar-refractivity contribution in [2.45, 2.75) is 20.0 Å². The number of rotatable bonds is 10. The number of aliphatic hydroxyl groups excluding tert-OH is 1. The van der Waals surface area contributed by atoms with Crippen LogP contribution in [0.1, 0.15) is 13.8 Å². The molecule has 0 spiro atoms. The van der Waals surface area contributed by atoms with Crippen molar-refractivity contribution in [3.05, 3.63) is 46.9 Å². The highest BCUT2D eigenvalue weighted by molar-refractivity contribution is 9.10. The van der Waals surface area contributed by atoms with Crippen LogP contribution in [-0.4, -0.2) is 59.9 Å². The van der Waals surface area contributed by atoms with E-state index in [-0.39, 0.29) is 19.0 Å². The average Bonchev–Trinajstić information content (AvgIpc) is 2.73. The molecule has 2 N–H and O–H groups in total. The molecule has 0 amide bonds. The minimum Gasteiger partial charge on any atom is -0.493 e. The number of nitrogens with zero attached hydrogens (tertiary/aromatic N) is 3. The minimum atomic E-state index is -0.651. The lowest BCUT2D eigenvalue weighted by atomic mass is 10.2. The van der Waals surface area contributed by atoms with E-state index in [0.29, 0.717) is 50.8 Å². The maximum Gasteiger partial charge on any atom is 0.163 e. The van der Waals surface area contributed by atoms with E-state index >= 15 is 0 Å².